The van der Waals surface area contributed by atoms with Gasteiger partial charge in [-0.2, -0.15) is 0 Å². The van der Waals surface area contributed by atoms with Crippen LogP contribution in [0.4, 0.5) is 0 Å². The van der Waals surface area contributed by atoms with Crippen LogP contribution in [0.3, 0.4) is 0 Å². The van der Waals surface area contributed by atoms with E-state index in [0.29, 0.717) is 6.04 Å². The van der Waals surface area contributed by atoms with Crippen LogP contribution >= 0.6 is 0 Å². The van der Waals surface area contributed by atoms with Gasteiger partial charge in [-0.3, -0.25) is 0 Å². The van der Waals surface area contributed by atoms with E-state index in [-0.39, 0.29) is 0 Å². The highest BCUT2D eigenvalue weighted by molar-refractivity contribution is 5.33. The zero-order valence-electron chi connectivity index (χ0n) is 11.6. The number of methoxy groups -OCH3 is 1. The quantitative estimate of drug-likeness (QED) is 0.854. The van der Waals surface area contributed by atoms with Crippen LogP contribution in [0.25, 0.3) is 0 Å². The van der Waals surface area contributed by atoms with Crippen LogP contribution in [0.1, 0.15) is 18.1 Å². The lowest BCUT2D eigenvalue weighted by atomic mass is 10.1. The van der Waals surface area contributed by atoms with Gasteiger partial charge in [0.2, 0.25) is 0 Å². The molecule has 0 heterocycles. The predicted octanol–water partition coefficient (Wildman–Crippen LogP) is 3.42. The molecule has 0 aliphatic heterocycles. The number of hydrogen-bond donors (Lipinski definition) is 1. The van der Waals surface area contributed by atoms with Gasteiger partial charge < -0.3 is 10.1 Å². The van der Waals surface area contributed by atoms with Gasteiger partial charge in [-0.05, 0) is 30.5 Å². The summed E-state index contributed by atoms with van der Waals surface area (Å²) in [6.45, 7) is 3.10. The summed E-state index contributed by atoms with van der Waals surface area (Å²) in [6, 6.07) is 19.1. The van der Waals surface area contributed by atoms with Gasteiger partial charge in [-0.1, -0.05) is 48.5 Å². The summed E-state index contributed by atoms with van der Waals surface area (Å²) < 4.78 is 5.38. The van der Waals surface area contributed by atoms with E-state index >= 15 is 0 Å². The molecule has 1 N–H and O–H groups in total. The topological polar surface area (TPSA) is 21.3 Å². The molecule has 19 heavy (non-hydrogen) atoms. The third-order valence-electron chi connectivity index (χ3n) is 3.22. The number of ether oxygens (including phenoxy) is 1. The van der Waals surface area contributed by atoms with E-state index in [9.17, 15) is 0 Å². The molecule has 100 valence electrons. The molecule has 2 aromatic carbocycles. The molecule has 2 rings (SSSR count). The highest BCUT2D eigenvalue weighted by atomic mass is 16.5. The highest BCUT2D eigenvalue weighted by Crippen LogP contribution is 2.18. The first-order valence-corrected chi connectivity index (χ1v) is 6.69. The summed E-state index contributed by atoms with van der Waals surface area (Å²) in [6.07, 6.45) is 0.969. The minimum absolute atomic E-state index is 0.413. The maximum absolute atomic E-state index is 5.38. The van der Waals surface area contributed by atoms with Crippen LogP contribution in [-0.4, -0.2) is 13.2 Å². The van der Waals surface area contributed by atoms with Crippen LogP contribution in [0.15, 0.2) is 54.6 Å². The fraction of sp³-hybridized carbons (Fsp3) is 0.294. The summed E-state index contributed by atoms with van der Waals surface area (Å²) in [7, 11) is 1.72. The largest absolute Gasteiger partial charge is 0.496 e. The van der Waals surface area contributed by atoms with Crippen molar-refractivity contribution in [1.82, 2.24) is 5.32 Å². The van der Waals surface area contributed by atoms with Crippen molar-refractivity contribution >= 4 is 0 Å². The molecule has 0 aliphatic carbocycles. The standard InChI is InChI=1S/C17H21NO/c1-14(18-13-15-8-4-3-5-9-15)12-16-10-6-7-11-17(16)19-2/h3-11,14,18H,12-13H2,1-2H3/t14-/m1/s1. The van der Waals surface area contributed by atoms with Gasteiger partial charge in [0.1, 0.15) is 5.75 Å². The van der Waals surface area contributed by atoms with Crippen molar-refractivity contribution in [3.05, 3.63) is 65.7 Å². The second kappa shape index (κ2) is 6.95. The van der Waals surface area contributed by atoms with Crippen molar-refractivity contribution in [3.8, 4) is 5.75 Å². The smallest absolute Gasteiger partial charge is 0.122 e. The molecule has 0 aliphatic rings. The molecule has 1 atom stereocenters. The fourth-order valence-electron chi connectivity index (χ4n) is 2.16. The van der Waals surface area contributed by atoms with Gasteiger partial charge in [0, 0.05) is 12.6 Å². The molecular formula is C17H21NO. The van der Waals surface area contributed by atoms with Crippen LogP contribution < -0.4 is 10.1 Å². The lowest BCUT2D eigenvalue weighted by molar-refractivity contribution is 0.406. The van der Waals surface area contributed by atoms with Gasteiger partial charge in [0.15, 0.2) is 0 Å². The number of rotatable bonds is 6. The Kier molecular flexibility index (Phi) is 4.99. The molecule has 0 aromatic heterocycles. The van der Waals surface area contributed by atoms with Crippen molar-refractivity contribution < 1.29 is 4.74 Å². The van der Waals surface area contributed by atoms with E-state index in [4.69, 9.17) is 4.74 Å². The third kappa shape index (κ3) is 4.11. The molecule has 0 saturated carbocycles. The molecule has 0 spiro atoms. The normalized spacial score (nSPS) is 12.1. The van der Waals surface area contributed by atoms with Crippen molar-refractivity contribution in [1.29, 1.82) is 0 Å². The van der Waals surface area contributed by atoms with Crippen molar-refractivity contribution in [2.45, 2.75) is 25.9 Å². The van der Waals surface area contributed by atoms with Crippen molar-refractivity contribution in [2.24, 2.45) is 0 Å². The van der Waals surface area contributed by atoms with E-state index in [1.807, 2.05) is 18.2 Å². The first kappa shape index (κ1) is 13.6. The summed E-state index contributed by atoms with van der Waals surface area (Å²) in [4.78, 5) is 0. The van der Waals surface area contributed by atoms with Gasteiger partial charge >= 0.3 is 0 Å². The fourth-order valence-corrected chi connectivity index (χ4v) is 2.16. The van der Waals surface area contributed by atoms with Crippen LogP contribution in [0.5, 0.6) is 5.75 Å². The summed E-state index contributed by atoms with van der Waals surface area (Å²) in [5.41, 5.74) is 2.56. The lowest BCUT2D eigenvalue weighted by Crippen LogP contribution is -2.27. The SMILES string of the molecule is COc1ccccc1C[C@@H](C)NCc1ccccc1. The minimum atomic E-state index is 0.413. The molecule has 2 aromatic rings. The number of benzene rings is 2. The predicted molar refractivity (Wildman–Crippen MR) is 79.4 cm³/mol. The molecule has 0 bridgehead atoms. The van der Waals surface area contributed by atoms with Crippen molar-refractivity contribution in [2.75, 3.05) is 7.11 Å². The Balaban J connectivity index is 1.89. The van der Waals surface area contributed by atoms with Crippen LogP contribution in [0, 0.1) is 0 Å². The average molecular weight is 255 g/mol. The zero-order valence-corrected chi connectivity index (χ0v) is 11.6. The van der Waals surface area contributed by atoms with E-state index in [0.717, 1.165) is 18.7 Å². The van der Waals surface area contributed by atoms with E-state index in [1.54, 1.807) is 7.11 Å². The van der Waals surface area contributed by atoms with E-state index in [1.165, 1.54) is 11.1 Å². The first-order valence-electron chi connectivity index (χ1n) is 6.69. The van der Waals surface area contributed by atoms with Gasteiger partial charge in [-0.15, -0.1) is 0 Å². The second-order valence-electron chi connectivity index (χ2n) is 4.78. The molecule has 0 saturated heterocycles. The Hall–Kier alpha value is -1.80. The Morgan fingerprint density at radius 3 is 2.42 bits per heavy atom. The molecular weight excluding hydrogens is 234 g/mol. The summed E-state index contributed by atoms with van der Waals surface area (Å²) >= 11 is 0. The Labute approximate surface area is 115 Å². The molecule has 2 heteroatoms. The molecule has 2 nitrogen and oxygen atoms in total. The van der Waals surface area contributed by atoms with Gasteiger partial charge in [0.25, 0.3) is 0 Å². The maximum atomic E-state index is 5.38. The number of nitrogens with one attached hydrogen (secondary N) is 1. The van der Waals surface area contributed by atoms with Gasteiger partial charge in [0.05, 0.1) is 7.11 Å². The molecule has 0 amide bonds. The maximum Gasteiger partial charge on any atom is 0.122 e. The third-order valence-corrected chi connectivity index (χ3v) is 3.22. The highest BCUT2D eigenvalue weighted by Gasteiger charge is 2.07. The average Bonchev–Trinajstić information content (AvgIpc) is 2.47. The molecule has 0 fully saturated rings. The summed E-state index contributed by atoms with van der Waals surface area (Å²) in [5, 5.41) is 3.54. The van der Waals surface area contributed by atoms with E-state index in [2.05, 4.69) is 48.6 Å². The second-order valence-corrected chi connectivity index (χ2v) is 4.78. The molecule has 0 radical (unpaired) electrons. The van der Waals surface area contributed by atoms with Gasteiger partial charge in [-0.25, -0.2) is 0 Å². The minimum Gasteiger partial charge on any atom is -0.496 e. The van der Waals surface area contributed by atoms with Crippen LogP contribution in [-0.2, 0) is 13.0 Å². The Bertz CT molecular complexity index is 496. The lowest BCUT2D eigenvalue weighted by Gasteiger charge is -2.16. The monoisotopic (exact) mass is 255 g/mol. The van der Waals surface area contributed by atoms with E-state index < -0.39 is 0 Å². The number of para-hydroxylation sites is 1. The Morgan fingerprint density at radius 1 is 1.00 bits per heavy atom. The number of hydrogen-bond acceptors (Lipinski definition) is 2. The Morgan fingerprint density at radius 2 is 1.68 bits per heavy atom. The van der Waals surface area contributed by atoms with Crippen molar-refractivity contribution in [3.63, 3.8) is 0 Å². The summed E-state index contributed by atoms with van der Waals surface area (Å²) in [5.74, 6) is 0.968. The molecule has 0 unspecified atom stereocenters. The zero-order chi connectivity index (χ0) is 13.5. The first-order chi connectivity index (χ1) is 9.29. The van der Waals surface area contributed by atoms with Crippen LogP contribution in [0.2, 0.25) is 0 Å².